The minimum atomic E-state index is -0.244. The Kier molecular flexibility index (Phi) is 6.01. The number of nitrogens with one attached hydrogen (secondary N) is 2. The molecule has 150 valence electrons. The molecule has 2 amide bonds. The van der Waals surface area contributed by atoms with E-state index in [9.17, 15) is 9.59 Å². The number of hydrogen-bond acceptors (Lipinski definition) is 4. The topological polar surface area (TPSA) is 76.0 Å². The Morgan fingerprint density at radius 2 is 1.70 bits per heavy atom. The number of para-hydroxylation sites is 1. The first-order chi connectivity index (χ1) is 14.7. The van der Waals surface area contributed by atoms with Crippen molar-refractivity contribution in [2.24, 2.45) is 0 Å². The van der Waals surface area contributed by atoms with Crippen molar-refractivity contribution < 1.29 is 9.59 Å². The van der Waals surface area contributed by atoms with Gasteiger partial charge < -0.3 is 10.6 Å². The SMILES string of the molecule is O=C(Nc1ccccc1C(=O)NCc1ccccc1Cn1cccn1)c1cccs1. The summed E-state index contributed by atoms with van der Waals surface area (Å²) in [5, 5.41) is 11.9. The molecule has 0 aliphatic rings. The van der Waals surface area contributed by atoms with E-state index in [0.717, 1.165) is 11.1 Å². The van der Waals surface area contributed by atoms with Crippen LogP contribution in [0.4, 0.5) is 5.69 Å². The van der Waals surface area contributed by atoms with E-state index in [1.54, 1.807) is 36.5 Å². The van der Waals surface area contributed by atoms with Gasteiger partial charge in [-0.05, 0) is 40.8 Å². The molecule has 0 aliphatic heterocycles. The standard InChI is InChI=1S/C23H20N4O2S/c28-22(19-9-3-4-10-20(19)26-23(29)21-11-5-14-30-21)24-15-17-7-1-2-8-18(17)16-27-13-6-12-25-27/h1-14H,15-16H2,(H,24,28)(H,26,29). The fourth-order valence-corrected chi connectivity index (χ4v) is 3.72. The van der Waals surface area contributed by atoms with Crippen LogP contribution in [0.2, 0.25) is 0 Å². The van der Waals surface area contributed by atoms with Gasteiger partial charge in [-0.1, -0.05) is 42.5 Å². The predicted octanol–water partition coefficient (Wildman–Crippen LogP) is 4.18. The highest BCUT2D eigenvalue weighted by Crippen LogP contribution is 2.18. The quantitative estimate of drug-likeness (QED) is 0.475. The largest absolute Gasteiger partial charge is 0.348 e. The average molecular weight is 417 g/mol. The Labute approximate surface area is 178 Å². The monoisotopic (exact) mass is 416 g/mol. The number of nitrogens with zero attached hydrogens (tertiary/aromatic N) is 2. The highest BCUT2D eigenvalue weighted by Gasteiger charge is 2.15. The number of anilines is 1. The molecule has 4 aromatic rings. The molecular weight excluding hydrogens is 396 g/mol. The van der Waals surface area contributed by atoms with Gasteiger partial charge in [0.15, 0.2) is 0 Å². The molecule has 0 atom stereocenters. The number of carbonyl (C=O) groups excluding carboxylic acids is 2. The van der Waals surface area contributed by atoms with Crippen LogP contribution >= 0.6 is 11.3 Å². The van der Waals surface area contributed by atoms with Gasteiger partial charge >= 0.3 is 0 Å². The molecule has 2 aromatic carbocycles. The van der Waals surface area contributed by atoms with Gasteiger partial charge in [-0.3, -0.25) is 14.3 Å². The minimum absolute atomic E-state index is 0.227. The highest BCUT2D eigenvalue weighted by molar-refractivity contribution is 7.12. The normalized spacial score (nSPS) is 10.5. The van der Waals surface area contributed by atoms with E-state index >= 15 is 0 Å². The predicted molar refractivity (Wildman–Crippen MR) is 118 cm³/mol. The van der Waals surface area contributed by atoms with Crippen molar-refractivity contribution in [1.82, 2.24) is 15.1 Å². The molecule has 4 rings (SSSR count). The van der Waals surface area contributed by atoms with Crippen LogP contribution in [0, 0.1) is 0 Å². The third-order valence-electron chi connectivity index (χ3n) is 4.61. The van der Waals surface area contributed by atoms with E-state index in [-0.39, 0.29) is 11.8 Å². The maximum atomic E-state index is 12.9. The third kappa shape index (κ3) is 4.64. The molecule has 0 fully saturated rings. The van der Waals surface area contributed by atoms with E-state index < -0.39 is 0 Å². The van der Waals surface area contributed by atoms with Crippen LogP contribution in [0.3, 0.4) is 0 Å². The lowest BCUT2D eigenvalue weighted by Crippen LogP contribution is -2.25. The minimum Gasteiger partial charge on any atom is -0.348 e. The summed E-state index contributed by atoms with van der Waals surface area (Å²) in [6.07, 6.45) is 3.65. The van der Waals surface area contributed by atoms with E-state index in [4.69, 9.17) is 0 Å². The van der Waals surface area contributed by atoms with Crippen molar-refractivity contribution in [2.45, 2.75) is 13.1 Å². The zero-order chi connectivity index (χ0) is 20.8. The number of amides is 2. The number of aromatic nitrogens is 2. The zero-order valence-corrected chi connectivity index (χ0v) is 16.9. The molecule has 0 aliphatic carbocycles. The maximum absolute atomic E-state index is 12.9. The Balaban J connectivity index is 1.46. The smallest absolute Gasteiger partial charge is 0.265 e. The first kappa shape index (κ1) is 19.6. The van der Waals surface area contributed by atoms with Gasteiger partial charge in [0.1, 0.15) is 0 Å². The number of carbonyl (C=O) groups is 2. The lowest BCUT2D eigenvalue weighted by atomic mass is 10.1. The van der Waals surface area contributed by atoms with Gasteiger partial charge in [0.25, 0.3) is 11.8 Å². The first-order valence-electron chi connectivity index (χ1n) is 9.47. The van der Waals surface area contributed by atoms with Crippen molar-refractivity contribution in [3.8, 4) is 0 Å². The number of benzene rings is 2. The van der Waals surface area contributed by atoms with Gasteiger partial charge in [-0.25, -0.2) is 0 Å². The summed E-state index contributed by atoms with van der Waals surface area (Å²) in [4.78, 5) is 25.8. The van der Waals surface area contributed by atoms with Crippen LogP contribution in [0.1, 0.15) is 31.2 Å². The second-order valence-corrected chi connectivity index (χ2v) is 7.58. The molecule has 0 unspecified atom stereocenters. The van der Waals surface area contributed by atoms with Gasteiger partial charge in [0.05, 0.1) is 22.7 Å². The average Bonchev–Trinajstić information content (AvgIpc) is 3.48. The Bertz CT molecular complexity index is 1140. The summed E-state index contributed by atoms with van der Waals surface area (Å²) < 4.78 is 1.84. The van der Waals surface area contributed by atoms with E-state index in [1.165, 1.54) is 11.3 Å². The van der Waals surface area contributed by atoms with Crippen molar-refractivity contribution in [2.75, 3.05) is 5.32 Å². The molecule has 7 heteroatoms. The lowest BCUT2D eigenvalue weighted by Gasteiger charge is -2.13. The van der Waals surface area contributed by atoms with E-state index in [2.05, 4.69) is 15.7 Å². The summed E-state index contributed by atoms with van der Waals surface area (Å²) in [6, 6.07) is 20.4. The van der Waals surface area contributed by atoms with Crippen molar-refractivity contribution in [1.29, 1.82) is 0 Å². The van der Waals surface area contributed by atoms with Crippen LogP contribution in [-0.4, -0.2) is 21.6 Å². The number of rotatable bonds is 7. The number of hydrogen-bond donors (Lipinski definition) is 2. The van der Waals surface area contributed by atoms with Crippen molar-refractivity contribution in [3.05, 3.63) is 106 Å². The molecule has 0 bridgehead atoms. The zero-order valence-electron chi connectivity index (χ0n) is 16.1. The molecule has 2 heterocycles. The van der Waals surface area contributed by atoms with Gasteiger partial charge in [0.2, 0.25) is 0 Å². The van der Waals surface area contributed by atoms with Crippen LogP contribution in [-0.2, 0) is 13.1 Å². The van der Waals surface area contributed by atoms with E-state index in [0.29, 0.717) is 29.2 Å². The van der Waals surface area contributed by atoms with Crippen molar-refractivity contribution in [3.63, 3.8) is 0 Å². The Morgan fingerprint density at radius 1 is 0.900 bits per heavy atom. The second kappa shape index (κ2) is 9.19. The molecule has 0 spiro atoms. The molecule has 30 heavy (non-hydrogen) atoms. The number of thiophene rings is 1. The summed E-state index contributed by atoms with van der Waals surface area (Å²) >= 11 is 1.36. The molecule has 0 saturated heterocycles. The summed E-state index contributed by atoms with van der Waals surface area (Å²) in [7, 11) is 0. The molecule has 2 aromatic heterocycles. The fraction of sp³-hybridized carbons (Fsp3) is 0.0870. The lowest BCUT2D eigenvalue weighted by molar-refractivity contribution is 0.0951. The maximum Gasteiger partial charge on any atom is 0.265 e. The molecular formula is C23H20N4O2S. The van der Waals surface area contributed by atoms with Gasteiger partial charge in [-0.15, -0.1) is 11.3 Å². The molecule has 0 radical (unpaired) electrons. The summed E-state index contributed by atoms with van der Waals surface area (Å²) in [6.45, 7) is 1.01. The molecule has 2 N–H and O–H groups in total. The molecule has 6 nitrogen and oxygen atoms in total. The van der Waals surface area contributed by atoms with Crippen LogP contribution in [0.15, 0.2) is 84.5 Å². The third-order valence-corrected chi connectivity index (χ3v) is 5.48. The second-order valence-electron chi connectivity index (χ2n) is 6.63. The Morgan fingerprint density at radius 3 is 2.47 bits per heavy atom. The summed E-state index contributed by atoms with van der Waals surface area (Å²) in [5.41, 5.74) is 3.01. The van der Waals surface area contributed by atoms with Gasteiger partial charge in [-0.2, -0.15) is 5.10 Å². The van der Waals surface area contributed by atoms with Crippen molar-refractivity contribution >= 4 is 28.8 Å². The van der Waals surface area contributed by atoms with E-state index in [1.807, 2.05) is 52.7 Å². The highest BCUT2D eigenvalue weighted by atomic mass is 32.1. The van der Waals surface area contributed by atoms with Crippen LogP contribution in [0.5, 0.6) is 0 Å². The van der Waals surface area contributed by atoms with Gasteiger partial charge in [0, 0.05) is 18.9 Å². The molecule has 0 saturated carbocycles. The Hall–Kier alpha value is -3.71. The fourth-order valence-electron chi connectivity index (χ4n) is 3.11. The van der Waals surface area contributed by atoms with Crippen LogP contribution < -0.4 is 10.6 Å². The summed E-state index contributed by atoms with van der Waals surface area (Å²) in [5.74, 6) is -0.471. The van der Waals surface area contributed by atoms with Crippen LogP contribution in [0.25, 0.3) is 0 Å². The first-order valence-corrected chi connectivity index (χ1v) is 10.3.